The molecule has 55 heavy (non-hydrogen) atoms. The van der Waals surface area contributed by atoms with E-state index in [2.05, 4.69) is 0 Å². The predicted molar refractivity (Wildman–Crippen MR) is 174 cm³/mol. The quantitative estimate of drug-likeness (QED) is 0.0632. The van der Waals surface area contributed by atoms with Crippen LogP contribution in [0.4, 0.5) is 0 Å². The lowest BCUT2D eigenvalue weighted by Gasteiger charge is -2.36. The van der Waals surface area contributed by atoms with Crippen LogP contribution in [0, 0.1) is 0 Å². The standard InChI is InChI=1S/C34H28O21/c35-15-1-11(2-16(36)25(15)41)32(48)53-21-7-13(5-19(39)27(21)43)31(47)52-9-23-29(45)30(46)24(10-51-23)55-34(50)14-6-20(40)28(44)22(8-14)54-33(49)12-3-17(37)26(42)18(38)4-12/h1-8,23-24,29-30,35-46H,9-10H2/t23-,24+,29-,30-/m1/s1. The van der Waals surface area contributed by atoms with Crippen molar-refractivity contribution in [1.29, 1.82) is 0 Å². The highest BCUT2D eigenvalue weighted by Gasteiger charge is 2.41. The Balaban J connectivity index is 1.20. The van der Waals surface area contributed by atoms with Gasteiger partial charge in [-0.1, -0.05) is 0 Å². The second-order valence-corrected chi connectivity index (χ2v) is 11.6. The van der Waals surface area contributed by atoms with Gasteiger partial charge in [0, 0.05) is 0 Å². The lowest BCUT2D eigenvalue weighted by atomic mass is 10.0. The highest BCUT2D eigenvalue weighted by molar-refractivity contribution is 5.96. The maximum absolute atomic E-state index is 12.9. The summed E-state index contributed by atoms with van der Waals surface area (Å²) in [6.07, 6.45) is -6.76. The van der Waals surface area contributed by atoms with Gasteiger partial charge in [-0.05, 0) is 48.5 Å². The Kier molecular flexibility index (Phi) is 10.8. The molecular weight excluding hydrogens is 744 g/mol. The zero-order valence-corrected chi connectivity index (χ0v) is 27.4. The Labute approximate surface area is 305 Å². The summed E-state index contributed by atoms with van der Waals surface area (Å²) in [5.41, 5.74) is -2.07. The molecule has 1 aliphatic heterocycles. The van der Waals surface area contributed by atoms with Crippen molar-refractivity contribution in [2.75, 3.05) is 13.2 Å². The number of phenols is 10. The number of carbonyl (C=O) groups excluding carboxylic acids is 4. The fourth-order valence-electron chi connectivity index (χ4n) is 4.89. The first-order valence-electron chi connectivity index (χ1n) is 15.3. The van der Waals surface area contributed by atoms with E-state index >= 15 is 0 Å². The van der Waals surface area contributed by atoms with Crippen LogP contribution in [0.2, 0.25) is 0 Å². The summed E-state index contributed by atoms with van der Waals surface area (Å²) in [5.74, 6) is -16.1. The molecule has 0 amide bonds. The van der Waals surface area contributed by atoms with Crippen LogP contribution in [-0.2, 0) is 14.2 Å². The van der Waals surface area contributed by atoms with Crippen LogP contribution in [0.1, 0.15) is 41.4 Å². The molecule has 0 spiro atoms. The van der Waals surface area contributed by atoms with E-state index in [-0.39, 0.29) is 0 Å². The second-order valence-electron chi connectivity index (χ2n) is 11.6. The minimum absolute atomic E-state index is 0.505. The third-order valence-corrected chi connectivity index (χ3v) is 7.82. The fraction of sp³-hybridized carbons (Fsp3) is 0.176. The van der Waals surface area contributed by atoms with Gasteiger partial charge in [0.05, 0.1) is 28.9 Å². The molecule has 1 aliphatic rings. The summed E-state index contributed by atoms with van der Waals surface area (Å²) in [5, 5.41) is 119. The number of aliphatic hydroxyl groups excluding tert-OH is 2. The minimum atomic E-state index is -1.87. The summed E-state index contributed by atoms with van der Waals surface area (Å²) in [6, 6.07) is 5.83. The van der Waals surface area contributed by atoms with Gasteiger partial charge >= 0.3 is 23.9 Å². The average Bonchev–Trinajstić information content (AvgIpc) is 3.13. The third kappa shape index (κ3) is 8.17. The van der Waals surface area contributed by atoms with Crippen molar-refractivity contribution in [2.24, 2.45) is 0 Å². The summed E-state index contributed by atoms with van der Waals surface area (Å²) >= 11 is 0. The second kappa shape index (κ2) is 15.3. The monoisotopic (exact) mass is 772 g/mol. The zero-order chi connectivity index (χ0) is 40.5. The first-order chi connectivity index (χ1) is 25.9. The van der Waals surface area contributed by atoms with Gasteiger partial charge in [0.25, 0.3) is 0 Å². The Bertz CT molecular complexity index is 2150. The molecule has 1 saturated heterocycles. The number of esters is 4. The maximum atomic E-state index is 12.9. The Hall–Kier alpha value is -7.36. The molecule has 0 saturated carbocycles. The summed E-state index contributed by atoms with van der Waals surface area (Å²) in [7, 11) is 0. The van der Waals surface area contributed by atoms with Crippen LogP contribution in [0.5, 0.6) is 69.0 Å². The Morgan fingerprint density at radius 1 is 0.509 bits per heavy atom. The van der Waals surface area contributed by atoms with Gasteiger partial charge < -0.3 is 85.0 Å². The smallest absolute Gasteiger partial charge is 0.343 e. The topological polar surface area (TPSA) is 357 Å². The van der Waals surface area contributed by atoms with Crippen LogP contribution in [-0.4, -0.2) is 123 Å². The van der Waals surface area contributed by atoms with Crippen LogP contribution in [0.15, 0.2) is 48.5 Å². The fourth-order valence-corrected chi connectivity index (χ4v) is 4.89. The van der Waals surface area contributed by atoms with Gasteiger partial charge in [0.2, 0.25) is 11.5 Å². The molecule has 1 heterocycles. The van der Waals surface area contributed by atoms with Gasteiger partial charge in [-0.15, -0.1) is 0 Å². The number of aliphatic hydroxyl groups is 2. The number of hydrogen-bond acceptors (Lipinski definition) is 21. The van der Waals surface area contributed by atoms with E-state index in [1.807, 2.05) is 0 Å². The molecule has 4 aromatic carbocycles. The van der Waals surface area contributed by atoms with Crippen molar-refractivity contribution in [3.05, 3.63) is 70.8 Å². The number of phenolic OH excluding ortho intramolecular Hbond substituents is 10. The van der Waals surface area contributed by atoms with E-state index in [4.69, 9.17) is 23.7 Å². The Morgan fingerprint density at radius 2 is 0.873 bits per heavy atom. The van der Waals surface area contributed by atoms with Gasteiger partial charge in [0.15, 0.2) is 63.6 Å². The highest BCUT2D eigenvalue weighted by atomic mass is 16.6. The number of ether oxygens (including phenoxy) is 5. The van der Waals surface area contributed by atoms with Crippen LogP contribution in [0.25, 0.3) is 0 Å². The average molecular weight is 773 g/mol. The number of rotatable bonds is 9. The molecule has 21 heteroatoms. The molecular formula is C34H28O21. The number of hydrogen-bond donors (Lipinski definition) is 12. The van der Waals surface area contributed by atoms with E-state index in [0.717, 1.165) is 30.3 Å². The van der Waals surface area contributed by atoms with Gasteiger partial charge in [-0.2, -0.15) is 0 Å². The van der Waals surface area contributed by atoms with Crippen LogP contribution < -0.4 is 9.47 Å². The van der Waals surface area contributed by atoms with Gasteiger partial charge in [-0.3, -0.25) is 0 Å². The van der Waals surface area contributed by atoms with Gasteiger partial charge in [-0.25, -0.2) is 19.2 Å². The third-order valence-electron chi connectivity index (χ3n) is 7.82. The summed E-state index contributed by atoms with van der Waals surface area (Å²) < 4.78 is 25.5. The molecule has 1 fully saturated rings. The molecule has 0 aliphatic carbocycles. The maximum Gasteiger partial charge on any atom is 0.343 e. The molecule has 4 aromatic rings. The van der Waals surface area contributed by atoms with E-state index in [9.17, 15) is 80.5 Å². The number of carbonyl (C=O) groups is 4. The largest absolute Gasteiger partial charge is 0.504 e. The first kappa shape index (κ1) is 38.9. The molecule has 5 rings (SSSR count). The molecule has 0 bridgehead atoms. The normalized spacial score (nSPS) is 17.9. The molecule has 21 nitrogen and oxygen atoms in total. The molecule has 0 aromatic heterocycles. The van der Waals surface area contributed by atoms with Crippen molar-refractivity contribution >= 4 is 23.9 Å². The first-order valence-corrected chi connectivity index (χ1v) is 15.3. The van der Waals surface area contributed by atoms with Crippen molar-refractivity contribution in [1.82, 2.24) is 0 Å². The number of aromatic hydroxyl groups is 10. The van der Waals surface area contributed by atoms with E-state index < -0.39 is 153 Å². The van der Waals surface area contributed by atoms with Crippen molar-refractivity contribution in [3.8, 4) is 69.0 Å². The summed E-state index contributed by atoms with van der Waals surface area (Å²) in [6.45, 7) is -1.36. The van der Waals surface area contributed by atoms with Crippen molar-refractivity contribution < 1.29 is 104 Å². The van der Waals surface area contributed by atoms with E-state index in [1.165, 1.54) is 0 Å². The SMILES string of the molecule is O=C(OC[C@H]1OC[C@H](OC(=O)c2cc(O)c(O)c(OC(=O)c3cc(O)c(O)c(O)c3)c2)[C@@H](O)[C@@H]1O)c1cc(O)c(O)c(OC(=O)c2cc(O)c(O)c(O)c2)c1. The summed E-state index contributed by atoms with van der Waals surface area (Å²) in [4.78, 5) is 50.8. The number of benzene rings is 4. The molecule has 0 radical (unpaired) electrons. The lowest BCUT2D eigenvalue weighted by Crippen LogP contribution is -2.55. The molecule has 290 valence electrons. The Morgan fingerprint density at radius 3 is 1.29 bits per heavy atom. The van der Waals surface area contributed by atoms with Crippen molar-refractivity contribution in [3.63, 3.8) is 0 Å². The molecule has 0 unspecified atom stereocenters. The molecule has 12 N–H and O–H groups in total. The lowest BCUT2D eigenvalue weighted by molar-refractivity contribution is -0.196. The van der Waals surface area contributed by atoms with E-state index in [0.29, 0.717) is 18.2 Å². The minimum Gasteiger partial charge on any atom is -0.504 e. The highest BCUT2D eigenvalue weighted by Crippen LogP contribution is 2.41. The van der Waals surface area contributed by atoms with Crippen LogP contribution in [0.3, 0.4) is 0 Å². The predicted octanol–water partition coefficient (Wildman–Crippen LogP) is 0.684. The zero-order valence-electron chi connectivity index (χ0n) is 27.4. The van der Waals surface area contributed by atoms with E-state index in [1.54, 1.807) is 0 Å². The van der Waals surface area contributed by atoms with Crippen LogP contribution >= 0.6 is 0 Å². The van der Waals surface area contributed by atoms with Gasteiger partial charge in [0.1, 0.15) is 24.9 Å². The molecule has 4 atom stereocenters. The van der Waals surface area contributed by atoms with Crippen molar-refractivity contribution in [2.45, 2.75) is 24.4 Å².